The van der Waals surface area contributed by atoms with Gasteiger partial charge in [-0.25, -0.2) is 4.79 Å². The van der Waals surface area contributed by atoms with Gasteiger partial charge in [-0.2, -0.15) is 0 Å². The highest BCUT2D eigenvalue weighted by Crippen LogP contribution is 2.24. The molecule has 1 amide bonds. The first kappa shape index (κ1) is 20.6. The number of esters is 1. The summed E-state index contributed by atoms with van der Waals surface area (Å²) >= 11 is 5.88. The van der Waals surface area contributed by atoms with Crippen molar-refractivity contribution >= 4 is 40.1 Å². The molecular formula is C22H20ClNO5. The molecule has 0 radical (unpaired) electrons. The van der Waals surface area contributed by atoms with Gasteiger partial charge >= 0.3 is 5.97 Å². The number of hydrogen-bond acceptors (Lipinski definition) is 5. The molecule has 1 atom stereocenters. The summed E-state index contributed by atoms with van der Waals surface area (Å²) in [6, 6.07) is 12.9. The lowest BCUT2D eigenvalue weighted by Gasteiger charge is -2.17. The Kier molecular flexibility index (Phi) is 6.03. The largest absolute Gasteiger partial charge is 0.449 e. The van der Waals surface area contributed by atoms with Gasteiger partial charge in [0.1, 0.15) is 5.58 Å². The van der Waals surface area contributed by atoms with E-state index in [4.69, 9.17) is 20.8 Å². The molecule has 0 spiro atoms. The molecule has 0 unspecified atom stereocenters. The van der Waals surface area contributed by atoms with Gasteiger partial charge in [0, 0.05) is 16.8 Å². The van der Waals surface area contributed by atoms with Crippen molar-refractivity contribution < 1.29 is 18.7 Å². The molecular weight excluding hydrogens is 394 g/mol. The van der Waals surface area contributed by atoms with Gasteiger partial charge in [0.05, 0.1) is 5.39 Å². The number of benzene rings is 2. The maximum Gasteiger partial charge on any atom is 0.375 e. The first-order chi connectivity index (χ1) is 13.8. The van der Waals surface area contributed by atoms with Gasteiger partial charge < -0.3 is 14.5 Å². The summed E-state index contributed by atoms with van der Waals surface area (Å²) in [6.45, 7) is 5.48. The van der Waals surface area contributed by atoms with Crippen molar-refractivity contribution in [3.63, 3.8) is 0 Å². The second-order valence-corrected chi connectivity index (χ2v) is 7.33. The van der Waals surface area contributed by atoms with Crippen molar-refractivity contribution in [2.75, 3.05) is 5.32 Å². The summed E-state index contributed by atoms with van der Waals surface area (Å²) in [5, 5.41) is 3.41. The molecule has 6 nitrogen and oxygen atoms in total. The Bertz CT molecular complexity index is 1140. The van der Waals surface area contributed by atoms with Gasteiger partial charge in [-0.15, -0.1) is 0 Å². The summed E-state index contributed by atoms with van der Waals surface area (Å²) in [6.07, 6.45) is -1.09. The molecule has 1 aromatic heterocycles. The van der Waals surface area contributed by atoms with Crippen LogP contribution in [0.3, 0.4) is 0 Å². The Morgan fingerprint density at radius 1 is 1.07 bits per heavy atom. The van der Waals surface area contributed by atoms with Gasteiger partial charge in [-0.1, -0.05) is 43.6 Å². The molecule has 0 saturated carbocycles. The smallest absolute Gasteiger partial charge is 0.375 e. The number of carbonyl (C=O) groups is 2. The van der Waals surface area contributed by atoms with Gasteiger partial charge in [-0.3, -0.25) is 9.59 Å². The van der Waals surface area contributed by atoms with Crippen LogP contribution in [-0.4, -0.2) is 18.0 Å². The van der Waals surface area contributed by atoms with E-state index in [0.717, 1.165) is 11.6 Å². The van der Waals surface area contributed by atoms with Crippen LogP contribution in [0.2, 0.25) is 5.02 Å². The second kappa shape index (κ2) is 8.49. The number of rotatable bonds is 5. The third kappa shape index (κ3) is 4.66. The van der Waals surface area contributed by atoms with Crippen LogP contribution >= 0.6 is 11.6 Å². The molecule has 0 aliphatic carbocycles. The van der Waals surface area contributed by atoms with E-state index < -0.39 is 23.4 Å². The molecule has 0 bridgehead atoms. The fraction of sp³-hybridized carbons (Fsp3) is 0.227. The first-order valence-corrected chi connectivity index (χ1v) is 9.48. The van der Waals surface area contributed by atoms with Crippen LogP contribution in [0, 0.1) is 0 Å². The lowest BCUT2D eigenvalue weighted by molar-refractivity contribution is -0.123. The quantitative estimate of drug-likeness (QED) is 0.610. The number of nitrogens with one attached hydrogen (secondary N) is 1. The van der Waals surface area contributed by atoms with E-state index >= 15 is 0 Å². The van der Waals surface area contributed by atoms with Crippen LogP contribution in [0.15, 0.2) is 57.7 Å². The zero-order chi connectivity index (χ0) is 21.1. The number of halogens is 1. The van der Waals surface area contributed by atoms with E-state index in [1.165, 1.54) is 19.1 Å². The van der Waals surface area contributed by atoms with Crippen LogP contribution in [-0.2, 0) is 9.53 Å². The monoisotopic (exact) mass is 413 g/mol. The molecule has 7 heteroatoms. The van der Waals surface area contributed by atoms with Crippen molar-refractivity contribution in [1.82, 2.24) is 0 Å². The highest BCUT2D eigenvalue weighted by molar-refractivity contribution is 6.31. The first-order valence-electron chi connectivity index (χ1n) is 9.10. The number of hydrogen-bond donors (Lipinski definition) is 1. The van der Waals surface area contributed by atoms with Crippen molar-refractivity contribution in [2.24, 2.45) is 0 Å². The topological polar surface area (TPSA) is 85.6 Å². The Balaban J connectivity index is 1.75. The molecule has 1 heterocycles. The van der Waals surface area contributed by atoms with Crippen LogP contribution in [0.4, 0.5) is 5.69 Å². The third-order valence-corrected chi connectivity index (χ3v) is 4.62. The molecule has 2 aromatic carbocycles. The van der Waals surface area contributed by atoms with E-state index in [9.17, 15) is 14.4 Å². The molecule has 29 heavy (non-hydrogen) atoms. The van der Waals surface area contributed by atoms with Crippen LogP contribution in [0.25, 0.3) is 11.0 Å². The van der Waals surface area contributed by atoms with E-state index in [2.05, 4.69) is 5.32 Å². The molecule has 0 aliphatic heterocycles. The Labute approximate surface area is 172 Å². The fourth-order valence-corrected chi connectivity index (χ4v) is 3.02. The summed E-state index contributed by atoms with van der Waals surface area (Å²) in [4.78, 5) is 37.1. The summed E-state index contributed by atoms with van der Waals surface area (Å²) < 4.78 is 10.6. The number of fused-ring (bicyclic) bond motifs is 1. The van der Waals surface area contributed by atoms with Crippen LogP contribution in [0.1, 0.15) is 42.8 Å². The zero-order valence-corrected chi connectivity index (χ0v) is 16.9. The SMILES string of the molecule is CC(C)c1ccccc1NC(=O)[C@H](C)OC(=O)c1cc(=O)c2cc(Cl)ccc2o1. The number of amides is 1. The normalized spacial score (nSPS) is 12.0. The van der Waals surface area contributed by atoms with E-state index in [-0.39, 0.29) is 22.6 Å². The minimum Gasteiger partial charge on any atom is -0.449 e. The standard InChI is InChI=1S/C22H20ClNO5/c1-12(2)15-6-4-5-7-17(15)24-21(26)13(3)28-22(27)20-11-18(25)16-10-14(23)8-9-19(16)29-20/h4-13H,1-3H3,(H,24,26)/t13-/m0/s1. The van der Waals surface area contributed by atoms with E-state index in [0.29, 0.717) is 10.7 Å². The fourth-order valence-electron chi connectivity index (χ4n) is 2.85. The zero-order valence-electron chi connectivity index (χ0n) is 16.2. The minimum atomic E-state index is -1.09. The number of para-hydroxylation sites is 1. The maximum absolute atomic E-state index is 12.5. The number of carbonyl (C=O) groups excluding carboxylic acids is 2. The maximum atomic E-state index is 12.5. The van der Waals surface area contributed by atoms with Gasteiger partial charge in [-0.05, 0) is 42.7 Å². The van der Waals surface area contributed by atoms with Gasteiger partial charge in [0.25, 0.3) is 5.91 Å². The highest BCUT2D eigenvalue weighted by Gasteiger charge is 2.22. The average molecular weight is 414 g/mol. The lowest BCUT2D eigenvalue weighted by Crippen LogP contribution is -2.30. The highest BCUT2D eigenvalue weighted by atomic mass is 35.5. The predicted molar refractivity (Wildman–Crippen MR) is 112 cm³/mol. The predicted octanol–water partition coefficient (Wildman–Crippen LogP) is 4.75. The molecule has 1 N–H and O–H groups in total. The summed E-state index contributed by atoms with van der Waals surface area (Å²) in [7, 11) is 0. The van der Waals surface area contributed by atoms with Gasteiger partial charge in [0.2, 0.25) is 5.76 Å². The lowest BCUT2D eigenvalue weighted by atomic mass is 10.0. The Hall–Kier alpha value is -3.12. The molecule has 0 saturated heterocycles. The van der Waals surface area contributed by atoms with E-state index in [1.54, 1.807) is 12.1 Å². The van der Waals surface area contributed by atoms with Gasteiger partial charge in [0.15, 0.2) is 11.5 Å². The van der Waals surface area contributed by atoms with Crippen LogP contribution < -0.4 is 10.7 Å². The molecule has 0 fully saturated rings. The Morgan fingerprint density at radius 2 is 1.79 bits per heavy atom. The molecule has 3 rings (SSSR count). The second-order valence-electron chi connectivity index (χ2n) is 6.89. The summed E-state index contributed by atoms with van der Waals surface area (Å²) in [5.74, 6) is -1.46. The summed E-state index contributed by atoms with van der Waals surface area (Å²) in [5.41, 5.74) is 1.41. The third-order valence-electron chi connectivity index (χ3n) is 4.38. The average Bonchev–Trinajstić information content (AvgIpc) is 2.68. The Morgan fingerprint density at radius 3 is 2.52 bits per heavy atom. The number of anilines is 1. The molecule has 3 aromatic rings. The van der Waals surface area contributed by atoms with Crippen molar-refractivity contribution in [1.29, 1.82) is 0 Å². The minimum absolute atomic E-state index is 0.205. The number of ether oxygens (including phenoxy) is 1. The van der Waals surface area contributed by atoms with Crippen molar-refractivity contribution in [3.05, 3.63) is 75.1 Å². The molecule has 150 valence electrons. The molecule has 0 aliphatic rings. The van der Waals surface area contributed by atoms with Crippen LogP contribution in [0.5, 0.6) is 0 Å². The van der Waals surface area contributed by atoms with Crippen molar-refractivity contribution in [3.8, 4) is 0 Å². The van der Waals surface area contributed by atoms with Crippen molar-refractivity contribution in [2.45, 2.75) is 32.8 Å². The van der Waals surface area contributed by atoms with E-state index in [1.807, 2.05) is 32.0 Å².